The monoisotopic (exact) mass is 295 g/mol. The van der Waals surface area contributed by atoms with Crippen LogP contribution in [0.25, 0.3) is 22.2 Å². The van der Waals surface area contributed by atoms with Crippen LogP contribution in [0, 0.1) is 0 Å². The molecule has 5 nitrogen and oxygen atoms in total. The number of rotatable bonds is 3. The third-order valence-electron chi connectivity index (χ3n) is 4.60. The van der Waals surface area contributed by atoms with Gasteiger partial charge in [0, 0.05) is 41.1 Å². The predicted molar refractivity (Wildman–Crippen MR) is 88.8 cm³/mol. The maximum atomic E-state index is 4.53. The molecular weight excluding hydrogens is 274 g/mol. The van der Waals surface area contributed by atoms with Crippen molar-refractivity contribution >= 4 is 16.7 Å². The summed E-state index contributed by atoms with van der Waals surface area (Å²) in [7, 11) is 0. The van der Waals surface area contributed by atoms with Gasteiger partial charge in [0.05, 0.1) is 11.9 Å². The minimum absolute atomic E-state index is 0.550. The molecule has 1 aliphatic carbocycles. The molecule has 22 heavy (non-hydrogen) atoms. The Morgan fingerprint density at radius 1 is 1.09 bits per heavy atom. The second kappa shape index (κ2) is 5.83. The lowest BCUT2D eigenvalue weighted by Gasteiger charge is -2.20. The van der Waals surface area contributed by atoms with Crippen LogP contribution >= 0.6 is 0 Å². The molecule has 1 aliphatic rings. The third kappa shape index (κ3) is 2.47. The Morgan fingerprint density at radius 3 is 2.73 bits per heavy atom. The first kappa shape index (κ1) is 13.4. The van der Waals surface area contributed by atoms with E-state index in [2.05, 4.69) is 31.5 Å². The number of pyridine rings is 1. The fourth-order valence-electron chi connectivity index (χ4n) is 3.41. The van der Waals surface area contributed by atoms with Gasteiger partial charge in [0.1, 0.15) is 5.65 Å². The van der Waals surface area contributed by atoms with E-state index in [4.69, 9.17) is 0 Å². The lowest BCUT2D eigenvalue weighted by atomic mass is 10.0. The first-order valence-corrected chi connectivity index (χ1v) is 8.13. The average Bonchev–Trinajstić information content (AvgIpc) is 3.16. The molecule has 0 aromatic carbocycles. The zero-order valence-electron chi connectivity index (χ0n) is 12.6. The number of fused-ring (bicyclic) bond motifs is 1. The molecule has 114 valence electrons. The summed E-state index contributed by atoms with van der Waals surface area (Å²) in [6.45, 7) is 0. The summed E-state index contributed by atoms with van der Waals surface area (Å²) in [5.41, 5.74) is 4.31. The zero-order chi connectivity index (χ0) is 14.8. The highest BCUT2D eigenvalue weighted by molar-refractivity contribution is 5.98. The highest BCUT2D eigenvalue weighted by atomic mass is 15.1. The van der Waals surface area contributed by atoms with Crippen molar-refractivity contribution in [2.45, 2.75) is 44.6 Å². The number of nitrogens with one attached hydrogen (secondary N) is 3. The molecule has 3 heterocycles. The van der Waals surface area contributed by atoms with Crippen LogP contribution < -0.4 is 5.32 Å². The van der Waals surface area contributed by atoms with Crippen LogP contribution in [0.15, 0.2) is 30.9 Å². The molecule has 0 saturated heterocycles. The molecule has 0 bridgehead atoms. The molecule has 1 fully saturated rings. The van der Waals surface area contributed by atoms with Crippen LogP contribution in [-0.4, -0.2) is 26.2 Å². The summed E-state index contributed by atoms with van der Waals surface area (Å²) < 4.78 is 0. The van der Waals surface area contributed by atoms with Crippen molar-refractivity contribution in [1.82, 2.24) is 20.2 Å². The Labute approximate surface area is 129 Å². The lowest BCUT2D eigenvalue weighted by molar-refractivity contribution is 0.621. The maximum absolute atomic E-state index is 4.53. The molecule has 3 aromatic rings. The number of aromatic amines is 2. The predicted octanol–water partition coefficient (Wildman–Crippen LogP) is 4.09. The minimum Gasteiger partial charge on any atom is -0.381 e. The largest absolute Gasteiger partial charge is 0.381 e. The Balaban J connectivity index is 1.76. The number of hydrogen-bond donors (Lipinski definition) is 3. The summed E-state index contributed by atoms with van der Waals surface area (Å²) >= 11 is 0. The Hall–Kier alpha value is -2.30. The molecule has 3 aromatic heterocycles. The van der Waals surface area contributed by atoms with Crippen LogP contribution in [0.5, 0.6) is 0 Å². The van der Waals surface area contributed by atoms with Gasteiger partial charge in [-0.1, -0.05) is 25.7 Å². The molecule has 3 N–H and O–H groups in total. The van der Waals surface area contributed by atoms with Gasteiger partial charge >= 0.3 is 0 Å². The fraction of sp³-hybridized carbons (Fsp3) is 0.412. The van der Waals surface area contributed by atoms with Gasteiger partial charge < -0.3 is 10.3 Å². The summed E-state index contributed by atoms with van der Waals surface area (Å²) in [5, 5.41) is 11.9. The Kier molecular flexibility index (Phi) is 3.54. The number of nitrogens with zero attached hydrogens (tertiary/aromatic N) is 2. The second-order valence-corrected chi connectivity index (χ2v) is 6.11. The maximum Gasteiger partial charge on any atom is 0.139 e. The molecule has 0 spiro atoms. The smallest absolute Gasteiger partial charge is 0.139 e. The highest BCUT2D eigenvalue weighted by Gasteiger charge is 2.17. The first-order valence-electron chi connectivity index (χ1n) is 8.13. The SMILES string of the molecule is c1cc2c(NC3CCCCCC3)c(-c3cn[nH]c3)cnc2[nH]1. The van der Waals surface area contributed by atoms with Crippen molar-refractivity contribution in [2.75, 3.05) is 5.32 Å². The molecular formula is C17H21N5. The van der Waals surface area contributed by atoms with Gasteiger partial charge in [-0.05, 0) is 18.9 Å². The van der Waals surface area contributed by atoms with E-state index in [9.17, 15) is 0 Å². The van der Waals surface area contributed by atoms with Gasteiger partial charge in [-0.3, -0.25) is 5.10 Å². The highest BCUT2D eigenvalue weighted by Crippen LogP contribution is 2.34. The molecule has 0 radical (unpaired) electrons. The molecule has 0 amide bonds. The van der Waals surface area contributed by atoms with E-state index in [1.54, 1.807) is 0 Å². The van der Waals surface area contributed by atoms with Crippen molar-refractivity contribution in [2.24, 2.45) is 0 Å². The van der Waals surface area contributed by atoms with Crippen molar-refractivity contribution in [3.05, 3.63) is 30.9 Å². The van der Waals surface area contributed by atoms with E-state index in [1.807, 2.05) is 24.8 Å². The number of hydrogen-bond acceptors (Lipinski definition) is 3. The Bertz CT molecular complexity index is 736. The normalized spacial score (nSPS) is 16.7. The van der Waals surface area contributed by atoms with Crippen LogP contribution in [-0.2, 0) is 0 Å². The van der Waals surface area contributed by atoms with Gasteiger partial charge in [0.15, 0.2) is 0 Å². The molecule has 0 aliphatic heterocycles. The number of anilines is 1. The summed E-state index contributed by atoms with van der Waals surface area (Å²) in [6.07, 6.45) is 15.5. The standard InChI is InChI=1S/C17H21N5/c1-2-4-6-13(5-3-1)22-16-14-7-8-18-17(14)19-11-15(16)12-9-20-21-10-12/h7-11,13H,1-6H2,(H,20,21)(H2,18,19,22). The molecule has 5 heteroatoms. The van der Waals surface area contributed by atoms with Gasteiger partial charge in [-0.25, -0.2) is 4.98 Å². The second-order valence-electron chi connectivity index (χ2n) is 6.11. The van der Waals surface area contributed by atoms with Crippen LogP contribution in [0.1, 0.15) is 38.5 Å². The summed E-state index contributed by atoms with van der Waals surface area (Å²) in [6, 6.07) is 2.65. The molecule has 4 rings (SSSR count). The summed E-state index contributed by atoms with van der Waals surface area (Å²) in [4.78, 5) is 7.74. The minimum atomic E-state index is 0.550. The quantitative estimate of drug-likeness (QED) is 0.637. The first-order chi connectivity index (χ1) is 10.9. The van der Waals surface area contributed by atoms with E-state index in [0.29, 0.717) is 6.04 Å². The van der Waals surface area contributed by atoms with E-state index >= 15 is 0 Å². The molecule has 0 atom stereocenters. The van der Waals surface area contributed by atoms with Crippen molar-refractivity contribution in [1.29, 1.82) is 0 Å². The zero-order valence-corrected chi connectivity index (χ0v) is 12.6. The van der Waals surface area contributed by atoms with E-state index in [1.165, 1.54) is 44.2 Å². The van der Waals surface area contributed by atoms with Crippen molar-refractivity contribution in [3.8, 4) is 11.1 Å². The van der Waals surface area contributed by atoms with E-state index in [-0.39, 0.29) is 0 Å². The van der Waals surface area contributed by atoms with Crippen molar-refractivity contribution in [3.63, 3.8) is 0 Å². The van der Waals surface area contributed by atoms with E-state index < -0.39 is 0 Å². The van der Waals surface area contributed by atoms with Gasteiger partial charge in [-0.15, -0.1) is 0 Å². The van der Waals surface area contributed by atoms with E-state index in [0.717, 1.165) is 22.2 Å². The van der Waals surface area contributed by atoms with Gasteiger partial charge in [0.2, 0.25) is 0 Å². The van der Waals surface area contributed by atoms with Crippen LogP contribution in [0.4, 0.5) is 5.69 Å². The molecule has 0 unspecified atom stereocenters. The Morgan fingerprint density at radius 2 is 1.95 bits per heavy atom. The average molecular weight is 295 g/mol. The van der Waals surface area contributed by atoms with Crippen molar-refractivity contribution < 1.29 is 0 Å². The number of aromatic nitrogens is 4. The summed E-state index contributed by atoms with van der Waals surface area (Å²) in [5.74, 6) is 0. The fourth-order valence-corrected chi connectivity index (χ4v) is 3.41. The molecule has 1 saturated carbocycles. The van der Waals surface area contributed by atoms with Gasteiger partial charge in [-0.2, -0.15) is 5.10 Å². The third-order valence-corrected chi connectivity index (χ3v) is 4.60. The van der Waals surface area contributed by atoms with Crippen LogP contribution in [0.2, 0.25) is 0 Å². The van der Waals surface area contributed by atoms with Gasteiger partial charge in [0.25, 0.3) is 0 Å². The number of H-pyrrole nitrogens is 2. The van der Waals surface area contributed by atoms with Crippen LogP contribution in [0.3, 0.4) is 0 Å². The lowest BCUT2D eigenvalue weighted by Crippen LogP contribution is -2.19. The topological polar surface area (TPSA) is 69.4 Å².